The first-order valence-corrected chi connectivity index (χ1v) is 6.92. The number of hydrogen-bond donors (Lipinski definition) is 0. The van der Waals surface area contributed by atoms with Gasteiger partial charge in [0, 0.05) is 13.0 Å². The summed E-state index contributed by atoms with van der Waals surface area (Å²) in [4.78, 5) is 14.3. The van der Waals surface area contributed by atoms with Gasteiger partial charge in [-0.05, 0) is 36.0 Å². The summed E-state index contributed by atoms with van der Waals surface area (Å²) in [6, 6.07) is 6.65. The lowest BCUT2D eigenvalue weighted by atomic mass is 9.91. The number of amides is 1. The van der Waals surface area contributed by atoms with E-state index in [4.69, 9.17) is 0 Å². The Balaban J connectivity index is 2.12. The lowest BCUT2D eigenvalue weighted by molar-refractivity contribution is -0.134. The topological polar surface area (TPSA) is 20.3 Å². The van der Waals surface area contributed by atoms with Crippen LogP contribution < -0.4 is 0 Å². The molecule has 0 bridgehead atoms. The van der Waals surface area contributed by atoms with Crippen molar-refractivity contribution in [3.63, 3.8) is 0 Å². The number of halogens is 1. The van der Waals surface area contributed by atoms with Crippen LogP contribution in [0, 0.1) is 11.2 Å². The largest absolute Gasteiger partial charge is 0.336 e. The predicted molar refractivity (Wildman–Crippen MR) is 74.2 cm³/mol. The molecule has 0 radical (unpaired) electrons. The highest BCUT2D eigenvalue weighted by Crippen LogP contribution is 2.34. The normalized spacial score (nSPS) is 19.8. The first-order chi connectivity index (χ1) is 8.87. The molecule has 1 unspecified atom stereocenters. The fraction of sp³-hybridized carbons (Fsp3) is 0.562. The van der Waals surface area contributed by atoms with E-state index in [1.165, 1.54) is 12.1 Å². The van der Waals surface area contributed by atoms with Gasteiger partial charge in [0.2, 0.25) is 5.91 Å². The summed E-state index contributed by atoms with van der Waals surface area (Å²) in [5, 5.41) is 0. The van der Waals surface area contributed by atoms with Crippen molar-refractivity contribution in [2.75, 3.05) is 6.54 Å². The van der Waals surface area contributed by atoms with E-state index in [0.717, 1.165) is 24.9 Å². The molecule has 1 amide bonds. The van der Waals surface area contributed by atoms with Gasteiger partial charge in [-0.25, -0.2) is 4.39 Å². The Kier molecular flexibility index (Phi) is 3.93. The third-order valence-electron chi connectivity index (χ3n) is 3.51. The third-order valence-corrected chi connectivity index (χ3v) is 3.51. The van der Waals surface area contributed by atoms with Gasteiger partial charge in [-0.1, -0.05) is 32.9 Å². The SMILES string of the molecule is CC(C)(C)CC(=O)N1CCCC1c1ccc(F)cc1. The van der Waals surface area contributed by atoms with Gasteiger partial charge in [-0.3, -0.25) is 4.79 Å². The Morgan fingerprint density at radius 2 is 1.95 bits per heavy atom. The summed E-state index contributed by atoms with van der Waals surface area (Å²) in [5.74, 6) is -0.0198. The van der Waals surface area contributed by atoms with Crippen molar-refractivity contribution < 1.29 is 9.18 Å². The van der Waals surface area contributed by atoms with Gasteiger partial charge in [0.05, 0.1) is 6.04 Å². The van der Waals surface area contributed by atoms with E-state index in [1.807, 2.05) is 4.90 Å². The third kappa shape index (κ3) is 3.55. The molecule has 0 N–H and O–H groups in total. The van der Waals surface area contributed by atoms with E-state index >= 15 is 0 Å². The van der Waals surface area contributed by atoms with Crippen molar-refractivity contribution in [3.8, 4) is 0 Å². The number of carbonyl (C=O) groups is 1. The molecule has 2 nitrogen and oxygen atoms in total. The average Bonchev–Trinajstić information content (AvgIpc) is 2.76. The number of benzene rings is 1. The molecule has 0 saturated carbocycles. The molecule has 104 valence electrons. The monoisotopic (exact) mass is 263 g/mol. The zero-order valence-corrected chi connectivity index (χ0v) is 11.9. The van der Waals surface area contributed by atoms with E-state index < -0.39 is 0 Å². The minimum atomic E-state index is -0.227. The van der Waals surface area contributed by atoms with Crippen LogP contribution in [0.4, 0.5) is 4.39 Å². The maximum atomic E-state index is 13.0. The fourth-order valence-corrected chi connectivity index (χ4v) is 2.65. The van der Waals surface area contributed by atoms with Gasteiger partial charge >= 0.3 is 0 Å². The van der Waals surface area contributed by atoms with Crippen LogP contribution in [0.25, 0.3) is 0 Å². The lowest BCUT2D eigenvalue weighted by Gasteiger charge is -2.28. The van der Waals surface area contributed by atoms with Gasteiger partial charge in [0.25, 0.3) is 0 Å². The molecule has 1 aromatic carbocycles. The molecule has 0 aliphatic carbocycles. The highest BCUT2D eigenvalue weighted by molar-refractivity contribution is 5.77. The van der Waals surface area contributed by atoms with E-state index in [2.05, 4.69) is 20.8 Å². The Morgan fingerprint density at radius 1 is 1.32 bits per heavy atom. The maximum absolute atomic E-state index is 13.0. The summed E-state index contributed by atoms with van der Waals surface area (Å²) in [7, 11) is 0. The summed E-state index contributed by atoms with van der Waals surface area (Å²) in [6.07, 6.45) is 2.56. The number of rotatable bonds is 2. The van der Waals surface area contributed by atoms with Crippen LogP contribution in [0.2, 0.25) is 0 Å². The smallest absolute Gasteiger partial charge is 0.223 e. The molecule has 3 heteroatoms. The molecular formula is C16H22FNO. The van der Waals surface area contributed by atoms with Crippen LogP contribution in [-0.2, 0) is 4.79 Å². The zero-order chi connectivity index (χ0) is 14.0. The van der Waals surface area contributed by atoms with Gasteiger partial charge in [0.15, 0.2) is 0 Å². The van der Waals surface area contributed by atoms with Crippen molar-refractivity contribution in [2.24, 2.45) is 5.41 Å². The summed E-state index contributed by atoms with van der Waals surface area (Å²) in [5.41, 5.74) is 1.05. The molecule has 1 aromatic rings. The molecule has 2 rings (SSSR count). The van der Waals surface area contributed by atoms with Crippen LogP contribution in [0.15, 0.2) is 24.3 Å². The first kappa shape index (κ1) is 14.0. The second kappa shape index (κ2) is 5.32. The fourth-order valence-electron chi connectivity index (χ4n) is 2.65. The molecule has 0 aromatic heterocycles. The van der Waals surface area contributed by atoms with Crippen LogP contribution >= 0.6 is 0 Å². The van der Waals surface area contributed by atoms with Crippen LogP contribution in [-0.4, -0.2) is 17.4 Å². The van der Waals surface area contributed by atoms with Crippen molar-refractivity contribution in [1.82, 2.24) is 4.90 Å². The van der Waals surface area contributed by atoms with Crippen molar-refractivity contribution in [1.29, 1.82) is 0 Å². The van der Waals surface area contributed by atoms with Gasteiger partial charge in [-0.2, -0.15) is 0 Å². The van der Waals surface area contributed by atoms with Gasteiger partial charge in [0.1, 0.15) is 5.82 Å². The average molecular weight is 263 g/mol. The molecule has 1 atom stereocenters. The lowest BCUT2D eigenvalue weighted by Crippen LogP contribution is -2.33. The highest BCUT2D eigenvalue weighted by atomic mass is 19.1. The van der Waals surface area contributed by atoms with E-state index in [-0.39, 0.29) is 23.2 Å². The van der Waals surface area contributed by atoms with Crippen LogP contribution in [0.3, 0.4) is 0 Å². The molecule has 1 saturated heterocycles. The Hall–Kier alpha value is -1.38. The minimum Gasteiger partial charge on any atom is -0.336 e. The second-order valence-corrected chi connectivity index (χ2v) is 6.53. The van der Waals surface area contributed by atoms with Gasteiger partial charge in [-0.15, -0.1) is 0 Å². The summed E-state index contributed by atoms with van der Waals surface area (Å²) in [6.45, 7) is 7.05. The predicted octanol–water partition coefficient (Wildman–Crippen LogP) is 3.93. The van der Waals surface area contributed by atoms with Crippen molar-refractivity contribution in [3.05, 3.63) is 35.6 Å². The molecule has 1 aliphatic rings. The van der Waals surface area contributed by atoms with Crippen molar-refractivity contribution in [2.45, 2.75) is 46.1 Å². The standard InChI is InChI=1S/C16H22FNO/c1-16(2,3)11-15(19)18-10-4-5-14(18)12-6-8-13(17)9-7-12/h6-9,14H,4-5,10-11H2,1-3H3. The van der Waals surface area contributed by atoms with Crippen LogP contribution in [0.1, 0.15) is 51.6 Å². The molecule has 1 aliphatic heterocycles. The van der Waals surface area contributed by atoms with E-state index in [0.29, 0.717) is 6.42 Å². The Morgan fingerprint density at radius 3 is 2.53 bits per heavy atom. The summed E-state index contributed by atoms with van der Waals surface area (Å²) >= 11 is 0. The Bertz CT molecular complexity index is 447. The molecular weight excluding hydrogens is 241 g/mol. The summed E-state index contributed by atoms with van der Waals surface area (Å²) < 4.78 is 13.0. The van der Waals surface area contributed by atoms with Crippen molar-refractivity contribution >= 4 is 5.91 Å². The molecule has 19 heavy (non-hydrogen) atoms. The number of likely N-dealkylation sites (tertiary alicyclic amines) is 1. The van der Waals surface area contributed by atoms with E-state index in [1.54, 1.807) is 12.1 Å². The number of nitrogens with zero attached hydrogens (tertiary/aromatic N) is 1. The van der Waals surface area contributed by atoms with Gasteiger partial charge < -0.3 is 4.90 Å². The van der Waals surface area contributed by atoms with Crippen LogP contribution in [0.5, 0.6) is 0 Å². The first-order valence-electron chi connectivity index (χ1n) is 6.92. The number of hydrogen-bond acceptors (Lipinski definition) is 1. The second-order valence-electron chi connectivity index (χ2n) is 6.53. The molecule has 1 heterocycles. The molecule has 0 spiro atoms. The van der Waals surface area contributed by atoms with E-state index in [9.17, 15) is 9.18 Å². The Labute approximate surface area is 114 Å². The highest BCUT2D eigenvalue weighted by Gasteiger charge is 2.31. The zero-order valence-electron chi connectivity index (χ0n) is 11.9. The quantitative estimate of drug-likeness (QED) is 0.791. The molecule has 1 fully saturated rings. The maximum Gasteiger partial charge on any atom is 0.223 e. The minimum absolute atomic E-state index is 0.00696. The number of carbonyl (C=O) groups excluding carboxylic acids is 1.